The number of anilines is 2. The molecule has 0 saturated carbocycles. The van der Waals surface area contributed by atoms with Gasteiger partial charge < -0.3 is 5.32 Å². The third kappa shape index (κ3) is 6.18. The molecule has 1 N–H and O–H groups in total. The summed E-state index contributed by atoms with van der Waals surface area (Å²) in [5.41, 5.74) is 3.46. The maximum Gasteiger partial charge on any atom is 0.264 e. The molecule has 0 fully saturated rings. The first-order valence-corrected chi connectivity index (χ1v) is 13.3. The van der Waals surface area contributed by atoms with Crippen LogP contribution in [-0.2, 0) is 23.0 Å². The molecular weight excluding hydrogens is 506 g/mol. The summed E-state index contributed by atoms with van der Waals surface area (Å²) in [6.07, 6.45) is 0.271. The van der Waals surface area contributed by atoms with Crippen molar-refractivity contribution >= 4 is 38.9 Å². The van der Waals surface area contributed by atoms with Gasteiger partial charge in [0.15, 0.2) is 0 Å². The third-order valence-corrected chi connectivity index (χ3v) is 7.79. The van der Waals surface area contributed by atoms with Gasteiger partial charge in [-0.1, -0.05) is 65.7 Å². The highest BCUT2D eigenvalue weighted by Gasteiger charge is 2.28. The van der Waals surface area contributed by atoms with Crippen LogP contribution in [0.1, 0.15) is 27.0 Å². The smallest absolute Gasteiger partial charge is 0.264 e. The van der Waals surface area contributed by atoms with Gasteiger partial charge in [0.1, 0.15) is 0 Å². The lowest BCUT2D eigenvalue weighted by molar-refractivity contribution is 0.102. The summed E-state index contributed by atoms with van der Waals surface area (Å²) < 4.78 is 29.0. The minimum atomic E-state index is -4.03. The predicted octanol–water partition coefficient (Wildman–Crippen LogP) is 6.36. The Morgan fingerprint density at radius 1 is 0.892 bits per heavy atom. The van der Waals surface area contributed by atoms with Gasteiger partial charge in [-0.25, -0.2) is 8.42 Å². The highest BCUT2D eigenvalue weighted by molar-refractivity contribution is 7.92. The van der Waals surface area contributed by atoms with Crippen LogP contribution < -0.4 is 9.62 Å². The molecule has 0 aliphatic heterocycles. The summed E-state index contributed by atoms with van der Waals surface area (Å²) >= 11 is 6.04. The molecule has 37 heavy (non-hydrogen) atoms. The van der Waals surface area contributed by atoms with Crippen LogP contribution in [0.5, 0.6) is 0 Å². The van der Waals surface area contributed by atoms with Gasteiger partial charge in [-0.05, 0) is 66.6 Å². The van der Waals surface area contributed by atoms with Crippen molar-refractivity contribution in [3.8, 4) is 6.07 Å². The Morgan fingerprint density at radius 3 is 2.16 bits per heavy atom. The van der Waals surface area contributed by atoms with E-state index in [0.717, 1.165) is 11.1 Å². The van der Waals surface area contributed by atoms with Crippen molar-refractivity contribution in [1.82, 2.24) is 0 Å². The zero-order valence-electron chi connectivity index (χ0n) is 20.1. The number of hydrogen-bond acceptors (Lipinski definition) is 4. The molecule has 0 aliphatic carbocycles. The van der Waals surface area contributed by atoms with Crippen LogP contribution in [0.15, 0.2) is 102 Å². The van der Waals surface area contributed by atoms with E-state index in [1.165, 1.54) is 4.31 Å². The summed E-state index contributed by atoms with van der Waals surface area (Å²) in [7, 11) is -4.03. The number of amides is 1. The number of nitrogens with one attached hydrogen (secondary N) is 1. The summed E-state index contributed by atoms with van der Waals surface area (Å²) in [6, 6.07) is 29.1. The van der Waals surface area contributed by atoms with Crippen molar-refractivity contribution in [3.05, 3.63) is 124 Å². The fourth-order valence-corrected chi connectivity index (χ4v) is 5.37. The highest BCUT2D eigenvalue weighted by Crippen LogP contribution is 2.30. The molecule has 0 unspecified atom stereocenters. The second-order valence-corrected chi connectivity index (χ2v) is 10.8. The van der Waals surface area contributed by atoms with E-state index >= 15 is 0 Å². The molecule has 4 rings (SSSR count). The number of para-hydroxylation sites is 1. The largest absolute Gasteiger partial charge is 0.322 e. The van der Waals surface area contributed by atoms with Gasteiger partial charge in [-0.3, -0.25) is 9.10 Å². The summed E-state index contributed by atoms with van der Waals surface area (Å²) in [6.45, 7) is 1.88. The van der Waals surface area contributed by atoms with Crippen LogP contribution in [0.3, 0.4) is 0 Å². The first kappa shape index (κ1) is 26.0. The van der Waals surface area contributed by atoms with Crippen molar-refractivity contribution in [1.29, 1.82) is 5.26 Å². The van der Waals surface area contributed by atoms with Gasteiger partial charge in [0.2, 0.25) is 0 Å². The van der Waals surface area contributed by atoms with E-state index in [9.17, 15) is 13.2 Å². The second kappa shape index (κ2) is 11.3. The van der Waals surface area contributed by atoms with Crippen LogP contribution >= 0.6 is 11.6 Å². The zero-order valence-corrected chi connectivity index (χ0v) is 21.6. The number of carbonyl (C=O) groups is 1. The second-order valence-electron chi connectivity index (χ2n) is 8.45. The van der Waals surface area contributed by atoms with Gasteiger partial charge >= 0.3 is 0 Å². The SMILES string of the molecule is Cc1ccc(S(=O)(=O)N(Cc2ccc(Cl)cc2)c2ccccc2C(=O)Nc2ccc(CC#N)cc2)cc1. The molecule has 0 spiro atoms. The molecule has 0 heterocycles. The first-order chi connectivity index (χ1) is 17.8. The van der Waals surface area contributed by atoms with Crippen LogP contribution in [0.25, 0.3) is 0 Å². The molecule has 8 heteroatoms. The third-order valence-electron chi connectivity index (χ3n) is 5.76. The molecule has 186 valence electrons. The lowest BCUT2D eigenvalue weighted by atomic mass is 10.1. The minimum absolute atomic E-state index is 0.000525. The monoisotopic (exact) mass is 529 g/mol. The molecule has 0 saturated heterocycles. The summed E-state index contributed by atoms with van der Waals surface area (Å²) in [5.74, 6) is -0.455. The van der Waals surface area contributed by atoms with Gasteiger partial charge in [0.25, 0.3) is 15.9 Å². The number of aryl methyl sites for hydroxylation is 1. The lowest BCUT2D eigenvalue weighted by Gasteiger charge is -2.27. The number of benzene rings is 4. The average molecular weight is 530 g/mol. The van der Waals surface area contributed by atoms with E-state index < -0.39 is 15.9 Å². The fourth-order valence-electron chi connectivity index (χ4n) is 3.77. The van der Waals surface area contributed by atoms with E-state index in [1.54, 1.807) is 97.1 Å². The number of hydrogen-bond donors (Lipinski definition) is 1. The van der Waals surface area contributed by atoms with Gasteiger partial charge in [0.05, 0.1) is 35.2 Å². The van der Waals surface area contributed by atoms with Crippen molar-refractivity contribution in [3.63, 3.8) is 0 Å². The Labute approximate surface area is 221 Å². The number of carbonyl (C=O) groups excluding carboxylic acids is 1. The van der Waals surface area contributed by atoms with Crippen LogP contribution in [0.2, 0.25) is 5.02 Å². The number of nitriles is 1. The van der Waals surface area contributed by atoms with E-state index in [2.05, 4.69) is 11.4 Å². The minimum Gasteiger partial charge on any atom is -0.322 e. The maximum absolute atomic E-state index is 13.9. The van der Waals surface area contributed by atoms with E-state index in [-0.39, 0.29) is 29.1 Å². The Hall–Kier alpha value is -4.12. The molecular formula is C29H24ClN3O3S. The summed E-state index contributed by atoms with van der Waals surface area (Å²) in [5, 5.41) is 12.2. The van der Waals surface area contributed by atoms with Crippen molar-refractivity contribution < 1.29 is 13.2 Å². The predicted molar refractivity (Wildman–Crippen MR) is 146 cm³/mol. The van der Waals surface area contributed by atoms with Gasteiger partial charge in [0, 0.05) is 10.7 Å². The molecule has 0 aliphatic rings. The fraction of sp³-hybridized carbons (Fsp3) is 0.103. The molecule has 4 aromatic rings. The Kier molecular flexibility index (Phi) is 7.92. The molecule has 0 bridgehead atoms. The van der Waals surface area contributed by atoms with E-state index in [0.29, 0.717) is 16.3 Å². The first-order valence-electron chi connectivity index (χ1n) is 11.5. The average Bonchev–Trinajstić information content (AvgIpc) is 2.90. The normalized spacial score (nSPS) is 10.9. The molecule has 0 aromatic heterocycles. The molecule has 4 aromatic carbocycles. The molecule has 1 amide bonds. The van der Waals surface area contributed by atoms with Gasteiger partial charge in [-0.2, -0.15) is 5.26 Å². The zero-order chi connectivity index (χ0) is 26.4. The summed E-state index contributed by atoms with van der Waals surface area (Å²) in [4.78, 5) is 13.5. The maximum atomic E-state index is 13.9. The topological polar surface area (TPSA) is 90.3 Å². The highest BCUT2D eigenvalue weighted by atomic mass is 35.5. The number of halogens is 1. The van der Waals surface area contributed by atoms with E-state index in [1.807, 2.05) is 6.92 Å². The van der Waals surface area contributed by atoms with E-state index in [4.69, 9.17) is 16.9 Å². The standard InChI is InChI=1S/C29H24ClN3O3S/c1-21-6-16-26(17-7-21)37(35,36)33(20-23-8-12-24(30)13-9-23)28-5-3-2-4-27(28)29(34)32-25-14-10-22(11-15-25)18-19-31/h2-17H,18,20H2,1H3,(H,32,34). The van der Waals surface area contributed by atoms with Crippen LogP contribution in [-0.4, -0.2) is 14.3 Å². The quantitative estimate of drug-likeness (QED) is 0.287. The van der Waals surface area contributed by atoms with Crippen LogP contribution in [0, 0.1) is 18.3 Å². The van der Waals surface area contributed by atoms with Crippen LogP contribution in [0.4, 0.5) is 11.4 Å². The number of nitrogens with zero attached hydrogens (tertiary/aromatic N) is 2. The van der Waals surface area contributed by atoms with Crippen molar-refractivity contribution in [2.24, 2.45) is 0 Å². The van der Waals surface area contributed by atoms with Gasteiger partial charge in [-0.15, -0.1) is 0 Å². The van der Waals surface area contributed by atoms with Crippen molar-refractivity contribution in [2.75, 3.05) is 9.62 Å². The Bertz CT molecular complexity index is 1540. The molecule has 0 atom stereocenters. The number of sulfonamides is 1. The molecule has 0 radical (unpaired) electrons. The Balaban J connectivity index is 1.74. The van der Waals surface area contributed by atoms with Crippen molar-refractivity contribution in [2.45, 2.75) is 24.8 Å². The molecule has 6 nitrogen and oxygen atoms in total. The number of rotatable bonds is 8. The Morgan fingerprint density at radius 2 is 1.51 bits per heavy atom. The lowest BCUT2D eigenvalue weighted by Crippen LogP contribution is -2.32.